The maximum Gasteiger partial charge on any atom is 0.407 e. The van der Waals surface area contributed by atoms with Crippen LogP contribution in [0.15, 0.2) is 59.9 Å². The van der Waals surface area contributed by atoms with Crippen LogP contribution in [-0.2, 0) is 10.0 Å². The standard InChI is InChI=1S/C28H27ClN8O5S2/c1-28(2,3)24-15-36(10-11-37(24)27(38)39)25-31-9-8-21(34-25)20-13-18(29)4-6-23(20)42-22-7-5-19(12-17(22)14-30)44(40,41)35-26-32-16-33-43-26/h4-9,12-13,16,24H,10-11,15H2,1-3H3,(H,38,39)(H,32,33,35). The summed E-state index contributed by atoms with van der Waals surface area (Å²) in [6, 6.07) is 12.2. The topological polar surface area (TPSA) is 175 Å². The summed E-state index contributed by atoms with van der Waals surface area (Å²) >= 11 is 7.24. The average molecular weight is 655 g/mol. The van der Waals surface area contributed by atoms with Crippen LogP contribution in [0.5, 0.6) is 11.5 Å². The van der Waals surface area contributed by atoms with E-state index in [-0.39, 0.29) is 32.8 Å². The highest BCUT2D eigenvalue weighted by atomic mass is 35.5. The Labute approximate surface area is 263 Å². The van der Waals surface area contributed by atoms with Gasteiger partial charge in [-0.2, -0.15) is 9.64 Å². The Hall–Kier alpha value is -4.52. The molecule has 1 unspecified atom stereocenters. The van der Waals surface area contributed by atoms with E-state index >= 15 is 0 Å². The van der Waals surface area contributed by atoms with Gasteiger partial charge >= 0.3 is 6.09 Å². The van der Waals surface area contributed by atoms with Crippen LogP contribution in [0.1, 0.15) is 26.3 Å². The number of nitriles is 1. The SMILES string of the molecule is CC(C)(C)C1CN(c2nccc(-c3cc(Cl)ccc3Oc3ccc(S(=O)(=O)Nc4ncns4)cc3C#N)n2)CCN1C(=O)O. The minimum Gasteiger partial charge on any atom is -0.465 e. The van der Waals surface area contributed by atoms with Gasteiger partial charge in [0.05, 0.1) is 22.2 Å². The van der Waals surface area contributed by atoms with E-state index < -0.39 is 16.1 Å². The molecule has 1 aliphatic rings. The van der Waals surface area contributed by atoms with Crippen molar-refractivity contribution >= 4 is 50.3 Å². The number of hydrogen-bond donors (Lipinski definition) is 2. The predicted molar refractivity (Wildman–Crippen MR) is 165 cm³/mol. The first-order valence-electron chi connectivity index (χ1n) is 13.2. The van der Waals surface area contributed by atoms with Crippen molar-refractivity contribution < 1.29 is 23.1 Å². The van der Waals surface area contributed by atoms with E-state index in [2.05, 4.69) is 19.1 Å². The van der Waals surface area contributed by atoms with Crippen molar-refractivity contribution in [1.82, 2.24) is 24.2 Å². The van der Waals surface area contributed by atoms with E-state index in [4.69, 9.17) is 21.3 Å². The van der Waals surface area contributed by atoms with Gasteiger partial charge in [-0.1, -0.05) is 32.4 Å². The fraction of sp³-hybridized carbons (Fsp3) is 0.286. The smallest absolute Gasteiger partial charge is 0.407 e. The molecule has 3 heterocycles. The molecule has 1 aliphatic heterocycles. The second kappa shape index (κ2) is 12.2. The molecule has 1 atom stereocenters. The number of aromatic nitrogens is 4. The van der Waals surface area contributed by atoms with Crippen molar-refractivity contribution in [3.63, 3.8) is 0 Å². The van der Waals surface area contributed by atoms with Crippen LogP contribution in [0, 0.1) is 16.7 Å². The lowest BCUT2D eigenvalue weighted by atomic mass is 9.84. The van der Waals surface area contributed by atoms with Crippen molar-refractivity contribution in [2.75, 3.05) is 29.3 Å². The summed E-state index contributed by atoms with van der Waals surface area (Å²) in [6.45, 7) is 7.11. The molecule has 1 saturated heterocycles. The van der Waals surface area contributed by atoms with Crippen LogP contribution in [0.3, 0.4) is 0 Å². The third-order valence-electron chi connectivity index (χ3n) is 6.95. The van der Waals surface area contributed by atoms with Crippen LogP contribution in [0.2, 0.25) is 5.02 Å². The minimum atomic E-state index is -4.02. The number of hydrogen-bond acceptors (Lipinski definition) is 11. The molecule has 0 saturated carbocycles. The molecule has 2 N–H and O–H groups in total. The summed E-state index contributed by atoms with van der Waals surface area (Å²) in [5.74, 6) is 0.863. The molecule has 0 radical (unpaired) electrons. The summed E-state index contributed by atoms with van der Waals surface area (Å²) in [5, 5.41) is 20.1. The Balaban J connectivity index is 1.44. The molecule has 0 spiro atoms. The fourth-order valence-corrected chi connectivity index (χ4v) is 6.60. The van der Waals surface area contributed by atoms with Gasteiger partial charge in [-0.05, 0) is 47.9 Å². The molecule has 4 aromatic rings. The van der Waals surface area contributed by atoms with E-state index in [0.29, 0.717) is 47.6 Å². The summed E-state index contributed by atoms with van der Waals surface area (Å²) < 4.78 is 37.9. The Bertz CT molecular complexity index is 1840. The first kappa shape index (κ1) is 30.9. The molecule has 1 amide bonds. The molecule has 2 aromatic carbocycles. The first-order valence-corrected chi connectivity index (χ1v) is 15.9. The number of anilines is 2. The Kier molecular flexibility index (Phi) is 8.60. The molecule has 13 nitrogen and oxygen atoms in total. The number of carbonyl (C=O) groups is 1. The second-order valence-corrected chi connectivity index (χ2v) is 13.8. The van der Waals surface area contributed by atoms with Crippen LogP contribution >= 0.6 is 23.1 Å². The Morgan fingerprint density at radius 3 is 2.61 bits per heavy atom. The van der Waals surface area contributed by atoms with Crippen LogP contribution in [0.4, 0.5) is 15.9 Å². The minimum absolute atomic E-state index is 0.0149. The zero-order valence-corrected chi connectivity index (χ0v) is 26.2. The third kappa shape index (κ3) is 6.67. The maximum atomic E-state index is 12.8. The largest absolute Gasteiger partial charge is 0.465 e. The van der Waals surface area contributed by atoms with Gasteiger partial charge in [-0.15, -0.1) is 0 Å². The van der Waals surface area contributed by atoms with Crippen LogP contribution in [-0.4, -0.2) is 69.5 Å². The van der Waals surface area contributed by atoms with Gasteiger partial charge in [0.15, 0.2) is 0 Å². The summed E-state index contributed by atoms with van der Waals surface area (Å²) in [4.78, 5) is 28.2. The van der Waals surface area contributed by atoms with Crippen molar-refractivity contribution in [2.24, 2.45) is 5.41 Å². The number of rotatable bonds is 7. The zero-order chi connectivity index (χ0) is 31.6. The highest BCUT2D eigenvalue weighted by Gasteiger charge is 2.38. The number of nitrogens with zero attached hydrogens (tertiary/aromatic N) is 7. The van der Waals surface area contributed by atoms with Crippen molar-refractivity contribution in [3.05, 3.63) is 65.6 Å². The number of sulfonamides is 1. The van der Waals surface area contributed by atoms with Gasteiger partial charge in [-0.3, -0.25) is 4.72 Å². The Morgan fingerprint density at radius 1 is 1.16 bits per heavy atom. The molecular weight excluding hydrogens is 628 g/mol. The van der Waals surface area contributed by atoms with Crippen molar-refractivity contribution in [3.8, 4) is 28.8 Å². The quantitative estimate of drug-likeness (QED) is 0.263. The lowest BCUT2D eigenvalue weighted by Gasteiger charge is -2.45. The molecule has 2 aromatic heterocycles. The van der Waals surface area contributed by atoms with Crippen LogP contribution < -0.4 is 14.4 Å². The molecule has 5 rings (SSSR count). The van der Waals surface area contributed by atoms with Crippen molar-refractivity contribution in [2.45, 2.75) is 31.7 Å². The number of piperazine rings is 1. The molecule has 0 bridgehead atoms. The van der Waals surface area contributed by atoms with E-state index in [1.807, 2.05) is 31.7 Å². The van der Waals surface area contributed by atoms with Gasteiger partial charge in [0.1, 0.15) is 23.9 Å². The van der Waals surface area contributed by atoms with E-state index in [0.717, 1.165) is 11.5 Å². The van der Waals surface area contributed by atoms with E-state index in [9.17, 15) is 23.6 Å². The average Bonchev–Trinajstić information content (AvgIpc) is 3.49. The second-order valence-electron chi connectivity index (χ2n) is 10.9. The van der Waals surface area contributed by atoms with Gasteiger partial charge in [0.2, 0.25) is 11.1 Å². The molecule has 44 heavy (non-hydrogen) atoms. The lowest BCUT2D eigenvalue weighted by molar-refractivity contribution is 0.0745. The normalized spacial score (nSPS) is 15.5. The van der Waals surface area contributed by atoms with Gasteiger partial charge < -0.3 is 19.6 Å². The zero-order valence-electron chi connectivity index (χ0n) is 23.8. The molecule has 16 heteroatoms. The lowest BCUT2D eigenvalue weighted by Crippen LogP contribution is -2.59. The van der Waals surface area contributed by atoms with Gasteiger partial charge in [0, 0.05) is 47.9 Å². The summed E-state index contributed by atoms with van der Waals surface area (Å²) in [5.41, 5.74) is 0.666. The number of amides is 1. The van der Waals surface area contributed by atoms with Crippen LogP contribution in [0.25, 0.3) is 11.3 Å². The highest BCUT2D eigenvalue weighted by molar-refractivity contribution is 7.93. The third-order valence-corrected chi connectivity index (χ3v) is 9.23. The summed E-state index contributed by atoms with van der Waals surface area (Å²) in [7, 11) is -4.02. The molecule has 228 valence electrons. The first-order chi connectivity index (χ1) is 20.9. The van der Waals surface area contributed by atoms with Gasteiger partial charge in [0.25, 0.3) is 10.0 Å². The van der Waals surface area contributed by atoms with Gasteiger partial charge in [-0.25, -0.2) is 28.2 Å². The monoisotopic (exact) mass is 654 g/mol. The predicted octanol–water partition coefficient (Wildman–Crippen LogP) is 5.33. The fourth-order valence-electron chi connectivity index (χ4n) is 4.74. The summed E-state index contributed by atoms with van der Waals surface area (Å²) in [6.07, 6.45) is 1.87. The highest BCUT2D eigenvalue weighted by Crippen LogP contribution is 2.37. The molecular formula is C28H27ClN8O5S2. The number of ether oxygens (including phenoxy) is 1. The molecule has 0 aliphatic carbocycles. The van der Waals surface area contributed by atoms with Crippen molar-refractivity contribution in [1.29, 1.82) is 5.26 Å². The maximum absolute atomic E-state index is 12.8. The van der Waals surface area contributed by atoms with E-state index in [1.165, 1.54) is 29.4 Å². The number of benzene rings is 2. The van der Waals surface area contributed by atoms with E-state index in [1.54, 1.807) is 30.5 Å². The number of carboxylic acid groups (broad SMARTS) is 1. The number of nitrogens with one attached hydrogen (secondary N) is 1. The Morgan fingerprint density at radius 2 is 1.93 bits per heavy atom. The number of halogens is 1. The molecule has 1 fully saturated rings.